The lowest BCUT2D eigenvalue weighted by molar-refractivity contribution is 0.502. The van der Waals surface area contributed by atoms with Gasteiger partial charge in [-0.15, -0.1) is 0 Å². The third-order valence-corrected chi connectivity index (χ3v) is 2.79. The summed E-state index contributed by atoms with van der Waals surface area (Å²) in [4.78, 5) is 0. The van der Waals surface area contributed by atoms with Gasteiger partial charge in [0.1, 0.15) is 17.4 Å². The van der Waals surface area contributed by atoms with E-state index in [1.165, 1.54) is 12.1 Å². The first-order valence-electron chi connectivity index (χ1n) is 5.55. The molecule has 0 saturated heterocycles. The van der Waals surface area contributed by atoms with Gasteiger partial charge in [-0.2, -0.15) is 0 Å². The van der Waals surface area contributed by atoms with Gasteiger partial charge in [-0.3, -0.25) is 11.3 Å². The second kappa shape index (κ2) is 5.29. The molecule has 1 unspecified atom stereocenters. The molecule has 1 aromatic heterocycles. The Bertz CT molecular complexity index is 540. The molecule has 0 aliphatic carbocycles. The molecule has 0 saturated carbocycles. The number of rotatable bonds is 4. The normalized spacial score (nSPS) is 12.7. The average Bonchev–Trinajstić information content (AvgIpc) is 2.75. The lowest BCUT2D eigenvalue weighted by atomic mass is 10.0. The highest BCUT2D eigenvalue weighted by molar-refractivity contribution is 5.24. The van der Waals surface area contributed by atoms with Crippen molar-refractivity contribution in [1.82, 2.24) is 5.43 Å². The van der Waals surface area contributed by atoms with Crippen LogP contribution < -0.4 is 11.3 Å². The van der Waals surface area contributed by atoms with Crippen LogP contribution in [0.5, 0.6) is 0 Å². The highest BCUT2D eigenvalue weighted by atomic mass is 19.1. The Morgan fingerprint density at radius 2 is 2.11 bits per heavy atom. The van der Waals surface area contributed by atoms with Crippen LogP contribution in [-0.4, -0.2) is 0 Å². The highest BCUT2D eigenvalue weighted by Gasteiger charge is 2.15. The Kier molecular flexibility index (Phi) is 3.74. The SMILES string of the molecule is Cc1cc(C(Cc2ccc(F)cc2F)NN)co1. The summed E-state index contributed by atoms with van der Waals surface area (Å²) in [5, 5.41) is 0. The molecule has 0 aliphatic rings. The molecular weight excluding hydrogens is 238 g/mol. The molecule has 0 amide bonds. The van der Waals surface area contributed by atoms with Crippen molar-refractivity contribution in [3.8, 4) is 0 Å². The number of nitrogens with two attached hydrogens (primary N) is 1. The van der Waals surface area contributed by atoms with Gasteiger partial charge in [0.05, 0.1) is 12.3 Å². The van der Waals surface area contributed by atoms with Crippen LogP contribution >= 0.6 is 0 Å². The van der Waals surface area contributed by atoms with Crippen molar-refractivity contribution in [3.63, 3.8) is 0 Å². The molecular formula is C13H14F2N2O. The van der Waals surface area contributed by atoms with E-state index in [2.05, 4.69) is 5.43 Å². The van der Waals surface area contributed by atoms with Crippen molar-refractivity contribution in [2.45, 2.75) is 19.4 Å². The predicted molar refractivity (Wildman–Crippen MR) is 63.6 cm³/mol. The van der Waals surface area contributed by atoms with Gasteiger partial charge in [0, 0.05) is 11.6 Å². The highest BCUT2D eigenvalue weighted by Crippen LogP contribution is 2.21. The minimum atomic E-state index is -0.590. The standard InChI is InChI=1S/C13H14F2N2O/c1-8-4-10(7-18-8)13(17-16)5-9-2-3-11(14)6-12(9)15/h2-4,6-7,13,17H,5,16H2,1H3. The second-order valence-electron chi connectivity index (χ2n) is 4.15. The first-order chi connectivity index (χ1) is 8.60. The van der Waals surface area contributed by atoms with Crippen LogP contribution in [0.4, 0.5) is 8.78 Å². The molecule has 0 spiro atoms. The Morgan fingerprint density at radius 3 is 2.67 bits per heavy atom. The van der Waals surface area contributed by atoms with Gasteiger partial charge < -0.3 is 4.42 Å². The quantitative estimate of drug-likeness (QED) is 0.649. The van der Waals surface area contributed by atoms with Crippen LogP contribution in [0.3, 0.4) is 0 Å². The van der Waals surface area contributed by atoms with Crippen molar-refractivity contribution in [2.24, 2.45) is 5.84 Å². The van der Waals surface area contributed by atoms with Gasteiger partial charge >= 0.3 is 0 Å². The number of furan rings is 1. The number of benzene rings is 1. The van der Waals surface area contributed by atoms with E-state index in [0.29, 0.717) is 12.0 Å². The van der Waals surface area contributed by atoms with Crippen LogP contribution in [0.1, 0.15) is 22.9 Å². The summed E-state index contributed by atoms with van der Waals surface area (Å²) in [6.45, 7) is 1.82. The number of nitrogens with one attached hydrogen (secondary N) is 1. The van der Waals surface area contributed by atoms with E-state index in [1.807, 2.05) is 13.0 Å². The molecule has 0 radical (unpaired) electrons. The van der Waals surface area contributed by atoms with Gasteiger partial charge in [0.2, 0.25) is 0 Å². The van der Waals surface area contributed by atoms with Crippen LogP contribution in [0.25, 0.3) is 0 Å². The molecule has 1 aromatic carbocycles. The number of halogens is 2. The van der Waals surface area contributed by atoms with Gasteiger partial charge in [0.25, 0.3) is 0 Å². The molecule has 0 bridgehead atoms. The monoisotopic (exact) mass is 252 g/mol. The maximum atomic E-state index is 13.5. The maximum Gasteiger partial charge on any atom is 0.129 e. The fourth-order valence-electron chi connectivity index (χ4n) is 1.83. The van der Waals surface area contributed by atoms with Crippen molar-refractivity contribution >= 4 is 0 Å². The van der Waals surface area contributed by atoms with Crippen molar-refractivity contribution in [1.29, 1.82) is 0 Å². The molecule has 0 aliphatic heterocycles. The van der Waals surface area contributed by atoms with Crippen molar-refractivity contribution in [3.05, 3.63) is 59.1 Å². The van der Waals surface area contributed by atoms with E-state index in [9.17, 15) is 8.78 Å². The summed E-state index contributed by atoms with van der Waals surface area (Å²) in [6, 6.07) is 5.06. The summed E-state index contributed by atoms with van der Waals surface area (Å²) < 4.78 is 31.5. The minimum Gasteiger partial charge on any atom is -0.469 e. The third-order valence-electron chi connectivity index (χ3n) is 2.79. The summed E-state index contributed by atoms with van der Waals surface area (Å²) in [5.41, 5.74) is 3.83. The van der Waals surface area contributed by atoms with E-state index in [1.54, 1.807) is 6.26 Å². The number of hydrogen-bond donors (Lipinski definition) is 2. The van der Waals surface area contributed by atoms with E-state index in [4.69, 9.17) is 10.3 Å². The summed E-state index contributed by atoms with van der Waals surface area (Å²) in [6.07, 6.45) is 1.89. The minimum absolute atomic E-state index is 0.276. The molecule has 2 rings (SSSR count). The number of hydrogen-bond acceptors (Lipinski definition) is 3. The zero-order chi connectivity index (χ0) is 13.1. The number of hydrazine groups is 1. The van der Waals surface area contributed by atoms with E-state index >= 15 is 0 Å². The summed E-state index contributed by atoms with van der Waals surface area (Å²) >= 11 is 0. The van der Waals surface area contributed by atoms with Crippen LogP contribution in [0, 0.1) is 18.6 Å². The molecule has 1 atom stereocenters. The lowest BCUT2D eigenvalue weighted by Gasteiger charge is -2.14. The Hall–Kier alpha value is -1.72. The van der Waals surface area contributed by atoms with Crippen LogP contribution in [0.2, 0.25) is 0 Å². The maximum absolute atomic E-state index is 13.5. The fourth-order valence-corrected chi connectivity index (χ4v) is 1.83. The largest absolute Gasteiger partial charge is 0.469 e. The third kappa shape index (κ3) is 2.75. The van der Waals surface area contributed by atoms with E-state index in [0.717, 1.165) is 17.4 Å². The molecule has 96 valence electrons. The molecule has 0 fully saturated rings. The first-order valence-corrected chi connectivity index (χ1v) is 5.55. The Balaban J connectivity index is 2.20. The smallest absolute Gasteiger partial charge is 0.129 e. The molecule has 5 heteroatoms. The van der Waals surface area contributed by atoms with Gasteiger partial charge in [-0.05, 0) is 31.0 Å². The fraction of sp³-hybridized carbons (Fsp3) is 0.231. The summed E-state index contributed by atoms with van der Waals surface area (Å²) in [7, 11) is 0. The average molecular weight is 252 g/mol. The van der Waals surface area contributed by atoms with E-state index < -0.39 is 11.6 Å². The topological polar surface area (TPSA) is 51.2 Å². The van der Waals surface area contributed by atoms with Crippen LogP contribution in [0.15, 0.2) is 34.9 Å². The molecule has 2 aromatic rings. The van der Waals surface area contributed by atoms with Gasteiger partial charge in [-0.1, -0.05) is 6.07 Å². The Morgan fingerprint density at radius 1 is 1.33 bits per heavy atom. The van der Waals surface area contributed by atoms with Crippen molar-refractivity contribution < 1.29 is 13.2 Å². The number of aryl methyl sites for hydroxylation is 1. The lowest BCUT2D eigenvalue weighted by Crippen LogP contribution is -2.29. The zero-order valence-corrected chi connectivity index (χ0v) is 9.91. The molecule has 1 heterocycles. The first kappa shape index (κ1) is 12.7. The van der Waals surface area contributed by atoms with Gasteiger partial charge in [-0.25, -0.2) is 8.78 Å². The van der Waals surface area contributed by atoms with Gasteiger partial charge in [0.15, 0.2) is 0 Å². The summed E-state index contributed by atoms with van der Waals surface area (Å²) in [5.74, 6) is 5.04. The molecule has 3 nitrogen and oxygen atoms in total. The second-order valence-corrected chi connectivity index (χ2v) is 4.15. The van der Waals surface area contributed by atoms with Crippen LogP contribution in [-0.2, 0) is 6.42 Å². The molecule has 18 heavy (non-hydrogen) atoms. The van der Waals surface area contributed by atoms with Crippen molar-refractivity contribution in [2.75, 3.05) is 0 Å². The zero-order valence-electron chi connectivity index (χ0n) is 9.91. The Labute approximate surface area is 104 Å². The van der Waals surface area contributed by atoms with E-state index in [-0.39, 0.29) is 6.04 Å². The molecule has 3 N–H and O–H groups in total. The predicted octanol–water partition coefficient (Wildman–Crippen LogP) is 2.61.